The maximum atomic E-state index is 12.9. The zero-order chi connectivity index (χ0) is 26.9. The van der Waals surface area contributed by atoms with Crippen LogP contribution in [0.4, 0.5) is 11.6 Å². The summed E-state index contributed by atoms with van der Waals surface area (Å²) >= 11 is 6.11. The quantitative estimate of drug-likeness (QED) is 0.263. The van der Waals surface area contributed by atoms with Crippen molar-refractivity contribution in [3.63, 3.8) is 0 Å². The van der Waals surface area contributed by atoms with E-state index in [9.17, 15) is 9.59 Å². The number of carbonyl (C=O) groups is 2. The van der Waals surface area contributed by atoms with Crippen molar-refractivity contribution in [1.29, 1.82) is 0 Å². The number of ether oxygens (including phenoxy) is 1. The summed E-state index contributed by atoms with van der Waals surface area (Å²) < 4.78 is 8.89. The predicted octanol–water partition coefficient (Wildman–Crippen LogP) is 4.27. The second-order valence-electron chi connectivity index (χ2n) is 9.32. The molecule has 39 heavy (non-hydrogen) atoms. The molecule has 1 aliphatic carbocycles. The second kappa shape index (κ2) is 10.3. The minimum Gasteiger partial charge on any atom is -0.460 e. The number of imidazole rings is 2. The number of nitrogens with zero attached hydrogens (tertiary/aromatic N) is 6. The van der Waals surface area contributed by atoms with Crippen LogP contribution in [0.25, 0.3) is 11.2 Å². The maximum absolute atomic E-state index is 12.9. The monoisotopic (exact) mass is 544 g/mol. The molecule has 11 nitrogen and oxygen atoms in total. The molecule has 1 aliphatic rings. The third-order valence-electron chi connectivity index (χ3n) is 6.38. The molecular weight excluding hydrogens is 520 g/mol. The van der Waals surface area contributed by atoms with Crippen LogP contribution in [0.2, 0.25) is 5.02 Å². The number of anilines is 2. The number of hydrogen-bond acceptors (Lipinski definition) is 8. The molecule has 0 spiro atoms. The summed E-state index contributed by atoms with van der Waals surface area (Å²) in [6.07, 6.45) is 9.93. The lowest BCUT2D eigenvalue weighted by Gasteiger charge is -2.10. The SMILES string of the molecule is CCOC(=O)c1nc(NCc2cn3cc(C4CC4)ccc3n2)cc(NC(=O)Cc2ncn3ccc(Cl)cc23)n1. The minimum absolute atomic E-state index is 0.0115. The van der Waals surface area contributed by atoms with Gasteiger partial charge < -0.3 is 24.2 Å². The Balaban J connectivity index is 1.19. The van der Waals surface area contributed by atoms with Crippen LogP contribution in [-0.2, 0) is 22.5 Å². The average molecular weight is 545 g/mol. The Morgan fingerprint density at radius 2 is 1.92 bits per heavy atom. The predicted molar refractivity (Wildman–Crippen MR) is 145 cm³/mol. The first-order valence-electron chi connectivity index (χ1n) is 12.6. The van der Waals surface area contributed by atoms with E-state index in [0.717, 1.165) is 16.9 Å². The molecule has 0 aromatic carbocycles. The fourth-order valence-corrected chi connectivity index (χ4v) is 4.53. The van der Waals surface area contributed by atoms with Gasteiger partial charge in [-0.25, -0.2) is 24.7 Å². The first-order chi connectivity index (χ1) is 18.9. The number of hydrogen-bond donors (Lipinski definition) is 2. The van der Waals surface area contributed by atoms with Crippen molar-refractivity contribution in [2.75, 3.05) is 17.2 Å². The fourth-order valence-electron chi connectivity index (χ4n) is 4.37. The van der Waals surface area contributed by atoms with Gasteiger partial charge in [0.1, 0.15) is 17.3 Å². The molecule has 0 bridgehead atoms. The van der Waals surface area contributed by atoms with Gasteiger partial charge in [-0.15, -0.1) is 0 Å². The minimum atomic E-state index is -0.688. The van der Waals surface area contributed by atoms with Crippen molar-refractivity contribution >= 4 is 46.3 Å². The van der Waals surface area contributed by atoms with Gasteiger partial charge in [0.15, 0.2) is 0 Å². The zero-order valence-electron chi connectivity index (χ0n) is 21.1. The molecule has 0 unspecified atom stereocenters. The molecule has 12 heteroatoms. The molecule has 0 radical (unpaired) electrons. The number of nitrogens with one attached hydrogen (secondary N) is 2. The van der Waals surface area contributed by atoms with Gasteiger partial charge in [0.05, 0.1) is 42.8 Å². The highest BCUT2D eigenvalue weighted by Gasteiger charge is 2.24. The average Bonchev–Trinajstić information content (AvgIpc) is 3.58. The molecule has 2 N–H and O–H groups in total. The van der Waals surface area contributed by atoms with E-state index in [1.165, 1.54) is 18.4 Å². The van der Waals surface area contributed by atoms with E-state index in [2.05, 4.69) is 42.8 Å². The molecule has 198 valence electrons. The van der Waals surface area contributed by atoms with Gasteiger partial charge in [0.25, 0.3) is 0 Å². The standard InChI is InChI=1S/C27H25ClN8O3/c1-2-39-27(38)26-33-22(29-12-19-14-36-13-17(16-3-4-16)5-6-24(36)31-19)11-23(34-26)32-25(37)10-20-21-9-18(28)7-8-35(21)15-30-20/h5-9,11,13-16H,2-4,10,12H2,1H3,(H2,29,32,33,34,37). The molecule has 0 aliphatic heterocycles. The highest BCUT2D eigenvalue weighted by Crippen LogP contribution is 2.39. The molecule has 1 saturated carbocycles. The summed E-state index contributed by atoms with van der Waals surface area (Å²) in [6, 6.07) is 9.19. The van der Waals surface area contributed by atoms with Gasteiger partial charge in [0.2, 0.25) is 11.7 Å². The van der Waals surface area contributed by atoms with E-state index < -0.39 is 5.97 Å². The van der Waals surface area contributed by atoms with Crippen LogP contribution < -0.4 is 10.6 Å². The van der Waals surface area contributed by atoms with E-state index in [1.54, 1.807) is 42.0 Å². The normalized spacial score (nSPS) is 13.1. The Hall–Kier alpha value is -4.51. The number of carbonyl (C=O) groups excluding carboxylic acids is 2. The van der Waals surface area contributed by atoms with E-state index in [-0.39, 0.29) is 30.6 Å². The molecule has 5 aromatic rings. The Morgan fingerprint density at radius 3 is 2.74 bits per heavy atom. The number of amides is 1. The summed E-state index contributed by atoms with van der Waals surface area (Å²) in [4.78, 5) is 42.8. The lowest BCUT2D eigenvalue weighted by molar-refractivity contribution is -0.115. The van der Waals surface area contributed by atoms with Gasteiger partial charge in [0, 0.05) is 29.7 Å². The molecule has 5 aromatic heterocycles. The first-order valence-corrected chi connectivity index (χ1v) is 13.0. The number of halogens is 1. The summed E-state index contributed by atoms with van der Waals surface area (Å²) in [5.41, 5.74) is 4.26. The van der Waals surface area contributed by atoms with E-state index in [0.29, 0.717) is 29.0 Å². The third kappa shape index (κ3) is 5.53. The van der Waals surface area contributed by atoms with E-state index in [1.807, 2.05) is 16.7 Å². The van der Waals surface area contributed by atoms with Crippen molar-refractivity contribution in [2.24, 2.45) is 0 Å². The lowest BCUT2D eigenvalue weighted by Crippen LogP contribution is -2.19. The van der Waals surface area contributed by atoms with Gasteiger partial charge in [-0.3, -0.25) is 4.79 Å². The highest BCUT2D eigenvalue weighted by molar-refractivity contribution is 6.30. The van der Waals surface area contributed by atoms with Crippen LogP contribution in [-0.4, -0.2) is 47.2 Å². The largest absolute Gasteiger partial charge is 0.460 e. The number of rotatable bonds is 9. The van der Waals surface area contributed by atoms with E-state index >= 15 is 0 Å². The Bertz CT molecular complexity index is 1710. The van der Waals surface area contributed by atoms with Crippen LogP contribution in [0.1, 0.15) is 53.3 Å². The van der Waals surface area contributed by atoms with Crippen LogP contribution >= 0.6 is 11.6 Å². The number of pyridine rings is 2. The highest BCUT2D eigenvalue weighted by atomic mass is 35.5. The lowest BCUT2D eigenvalue weighted by atomic mass is 10.2. The summed E-state index contributed by atoms with van der Waals surface area (Å²) in [6.45, 7) is 2.22. The Kier molecular flexibility index (Phi) is 6.57. The Labute approximate surface area is 228 Å². The second-order valence-corrected chi connectivity index (χ2v) is 9.76. The fraction of sp³-hybridized carbons (Fsp3) is 0.259. The van der Waals surface area contributed by atoms with Crippen LogP contribution in [0.15, 0.2) is 55.2 Å². The van der Waals surface area contributed by atoms with Crippen LogP contribution in [0.5, 0.6) is 0 Å². The van der Waals surface area contributed by atoms with Gasteiger partial charge >= 0.3 is 5.97 Å². The third-order valence-corrected chi connectivity index (χ3v) is 6.62. The number of aromatic nitrogens is 6. The van der Waals surface area contributed by atoms with Crippen LogP contribution in [0, 0.1) is 0 Å². The number of fused-ring (bicyclic) bond motifs is 2. The molecule has 0 saturated heterocycles. The van der Waals surface area contributed by atoms with Crippen molar-refractivity contribution in [3.8, 4) is 0 Å². The van der Waals surface area contributed by atoms with Crippen LogP contribution in [0.3, 0.4) is 0 Å². The van der Waals surface area contributed by atoms with Crippen molar-refractivity contribution in [1.82, 2.24) is 28.7 Å². The van der Waals surface area contributed by atoms with Gasteiger partial charge in [-0.2, -0.15) is 0 Å². The van der Waals surface area contributed by atoms with Gasteiger partial charge in [-0.1, -0.05) is 17.7 Å². The summed E-state index contributed by atoms with van der Waals surface area (Å²) in [5.74, 6) is -0.0574. The van der Waals surface area contributed by atoms with E-state index in [4.69, 9.17) is 16.3 Å². The molecule has 1 amide bonds. The topological polar surface area (TPSA) is 128 Å². The van der Waals surface area contributed by atoms with Crippen molar-refractivity contribution in [2.45, 2.75) is 38.6 Å². The van der Waals surface area contributed by atoms with Crippen molar-refractivity contribution in [3.05, 3.63) is 83.0 Å². The summed E-state index contributed by atoms with van der Waals surface area (Å²) in [7, 11) is 0. The maximum Gasteiger partial charge on any atom is 0.376 e. The molecule has 0 atom stereocenters. The van der Waals surface area contributed by atoms with Gasteiger partial charge in [-0.05, 0) is 49.4 Å². The molecule has 6 rings (SSSR count). The molecule has 1 fully saturated rings. The zero-order valence-corrected chi connectivity index (χ0v) is 21.9. The van der Waals surface area contributed by atoms with Crippen molar-refractivity contribution < 1.29 is 14.3 Å². The first kappa shape index (κ1) is 24.8. The molecule has 5 heterocycles. The Morgan fingerprint density at radius 1 is 1.08 bits per heavy atom. The molecular formula is C27H25ClN8O3. The summed E-state index contributed by atoms with van der Waals surface area (Å²) in [5, 5.41) is 6.47. The smallest absolute Gasteiger partial charge is 0.376 e. The number of esters is 1.